The SMILES string of the molecule is C=C(C)CNC(=O)c1cc(CC)nn1C. The van der Waals surface area contributed by atoms with Crippen molar-refractivity contribution in [2.45, 2.75) is 20.3 Å². The molecule has 4 heteroatoms. The summed E-state index contributed by atoms with van der Waals surface area (Å²) in [5.74, 6) is -0.104. The van der Waals surface area contributed by atoms with Crippen LogP contribution >= 0.6 is 0 Å². The highest BCUT2D eigenvalue weighted by Gasteiger charge is 2.11. The third-order valence-corrected chi connectivity index (χ3v) is 2.08. The van der Waals surface area contributed by atoms with E-state index in [1.54, 1.807) is 11.7 Å². The summed E-state index contributed by atoms with van der Waals surface area (Å²) >= 11 is 0. The zero-order valence-electron chi connectivity index (χ0n) is 9.50. The van der Waals surface area contributed by atoms with E-state index in [9.17, 15) is 4.79 Å². The number of hydrogen-bond acceptors (Lipinski definition) is 2. The van der Waals surface area contributed by atoms with Crippen LogP contribution in [0, 0.1) is 0 Å². The molecule has 1 N–H and O–H groups in total. The first kappa shape index (κ1) is 11.5. The van der Waals surface area contributed by atoms with Crippen LogP contribution in [0.5, 0.6) is 0 Å². The predicted octanol–water partition coefficient (Wildman–Crippen LogP) is 1.29. The first-order chi connectivity index (χ1) is 7.04. The first-order valence-electron chi connectivity index (χ1n) is 5.00. The third kappa shape index (κ3) is 2.94. The lowest BCUT2D eigenvalue weighted by Gasteiger charge is -2.03. The molecular formula is C11H17N3O. The Hall–Kier alpha value is -1.58. The second-order valence-electron chi connectivity index (χ2n) is 3.64. The van der Waals surface area contributed by atoms with Gasteiger partial charge in [0.05, 0.1) is 5.69 Å². The first-order valence-corrected chi connectivity index (χ1v) is 5.00. The molecule has 0 bridgehead atoms. The average Bonchev–Trinajstić information content (AvgIpc) is 2.56. The Balaban J connectivity index is 2.72. The number of aromatic nitrogens is 2. The Morgan fingerprint density at radius 3 is 2.80 bits per heavy atom. The maximum absolute atomic E-state index is 11.7. The number of nitrogens with one attached hydrogen (secondary N) is 1. The van der Waals surface area contributed by atoms with E-state index < -0.39 is 0 Å². The van der Waals surface area contributed by atoms with Gasteiger partial charge in [-0.25, -0.2) is 0 Å². The van der Waals surface area contributed by atoms with Crippen molar-refractivity contribution in [1.82, 2.24) is 15.1 Å². The number of rotatable bonds is 4. The fourth-order valence-corrected chi connectivity index (χ4v) is 1.23. The van der Waals surface area contributed by atoms with Gasteiger partial charge in [-0.05, 0) is 19.4 Å². The quantitative estimate of drug-likeness (QED) is 0.756. The van der Waals surface area contributed by atoms with E-state index in [2.05, 4.69) is 17.0 Å². The number of aryl methyl sites for hydroxylation is 2. The van der Waals surface area contributed by atoms with Crippen LogP contribution < -0.4 is 5.32 Å². The minimum Gasteiger partial charge on any atom is -0.347 e. The summed E-state index contributed by atoms with van der Waals surface area (Å²) in [6, 6.07) is 1.81. The maximum Gasteiger partial charge on any atom is 0.269 e. The molecule has 0 saturated carbocycles. The number of carbonyl (C=O) groups excluding carboxylic acids is 1. The van der Waals surface area contributed by atoms with E-state index in [1.165, 1.54) is 0 Å². The lowest BCUT2D eigenvalue weighted by atomic mass is 10.3. The van der Waals surface area contributed by atoms with Gasteiger partial charge in [0.25, 0.3) is 5.91 Å². The van der Waals surface area contributed by atoms with Crippen molar-refractivity contribution in [3.8, 4) is 0 Å². The highest BCUT2D eigenvalue weighted by Crippen LogP contribution is 2.03. The summed E-state index contributed by atoms with van der Waals surface area (Å²) in [5, 5.41) is 6.99. The van der Waals surface area contributed by atoms with Gasteiger partial charge < -0.3 is 5.32 Å². The molecule has 1 amide bonds. The number of hydrogen-bond donors (Lipinski definition) is 1. The highest BCUT2D eigenvalue weighted by atomic mass is 16.2. The molecule has 0 spiro atoms. The molecule has 0 fully saturated rings. The molecular weight excluding hydrogens is 190 g/mol. The van der Waals surface area contributed by atoms with Crippen LogP contribution in [-0.2, 0) is 13.5 Å². The van der Waals surface area contributed by atoms with Crippen molar-refractivity contribution in [2.75, 3.05) is 6.54 Å². The lowest BCUT2D eigenvalue weighted by molar-refractivity contribution is 0.0947. The summed E-state index contributed by atoms with van der Waals surface area (Å²) < 4.78 is 1.60. The molecule has 1 heterocycles. The topological polar surface area (TPSA) is 46.9 Å². The minimum absolute atomic E-state index is 0.104. The fourth-order valence-electron chi connectivity index (χ4n) is 1.23. The Morgan fingerprint density at radius 2 is 2.33 bits per heavy atom. The van der Waals surface area contributed by atoms with E-state index in [1.807, 2.05) is 19.9 Å². The van der Waals surface area contributed by atoms with E-state index >= 15 is 0 Å². The van der Waals surface area contributed by atoms with Crippen LogP contribution in [0.25, 0.3) is 0 Å². The largest absolute Gasteiger partial charge is 0.347 e. The predicted molar refractivity (Wildman–Crippen MR) is 59.7 cm³/mol. The van der Waals surface area contributed by atoms with Crippen LogP contribution in [0.15, 0.2) is 18.2 Å². The summed E-state index contributed by atoms with van der Waals surface area (Å²) in [7, 11) is 1.77. The van der Waals surface area contributed by atoms with Gasteiger partial charge in [-0.1, -0.05) is 19.1 Å². The third-order valence-electron chi connectivity index (χ3n) is 2.08. The summed E-state index contributed by atoms with van der Waals surface area (Å²) in [5.41, 5.74) is 2.45. The van der Waals surface area contributed by atoms with E-state index in [0.29, 0.717) is 12.2 Å². The molecule has 0 radical (unpaired) electrons. The zero-order chi connectivity index (χ0) is 11.4. The number of carbonyl (C=O) groups is 1. The van der Waals surface area contributed by atoms with Gasteiger partial charge >= 0.3 is 0 Å². The van der Waals surface area contributed by atoms with E-state index in [-0.39, 0.29) is 5.91 Å². The molecule has 1 aromatic rings. The van der Waals surface area contributed by atoms with Crippen molar-refractivity contribution in [1.29, 1.82) is 0 Å². The second-order valence-corrected chi connectivity index (χ2v) is 3.64. The summed E-state index contributed by atoms with van der Waals surface area (Å²) in [4.78, 5) is 11.7. The van der Waals surface area contributed by atoms with Crippen molar-refractivity contribution >= 4 is 5.91 Å². The van der Waals surface area contributed by atoms with E-state index in [0.717, 1.165) is 17.7 Å². The van der Waals surface area contributed by atoms with Gasteiger partial charge in [-0.15, -0.1) is 0 Å². The smallest absolute Gasteiger partial charge is 0.269 e. The van der Waals surface area contributed by atoms with Crippen LogP contribution in [0.4, 0.5) is 0 Å². The molecule has 0 aliphatic heterocycles. The molecule has 4 nitrogen and oxygen atoms in total. The van der Waals surface area contributed by atoms with Gasteiger partial charge in [0, 0.05) is 13.6 Å². The molecule has 0 aromatic carbocycles. The standard InChI is InChI=1S/C11H17N3O/c1-5-9-6-10(14(4)13-9)11(15)12-7-8(2)3/h6H,2,5,7H2,1,3-4H3,(H,12,15). The van der Waals surface area contributed by atoms with Crippen molar-refractivity contribution in [3.63, 3.8) is 0 Å². The van der Waals surface area contributed by atoms with Gasteiger partial charge in [0.2, 0.25) is 0 Å². The highest BCUT2D eigenvalue weighted by molar-refractivity contribution is 5.92. The second kappa shape index (κ2) is 4.77. The molecule has 15 heavy (non-hydrogen) atoms. The molecule has 0 aliphatic carbocycles. The van der Waals surface area contributed by atoms with Gasteiger partial charge in [-0.2, -0.15) is 5.10 Å². The monoisotopic (exact) mass is 207 g/mol. The Kier molecular flexibility index (Phi) is 3.66. The number of amides is 1. The van der Waals surface area contributed by atoms with Gasteiger partial charge in [-0.3, -0.25) is 9.48 Å². The van der Waals surface area contributed by atoms with Crippen LogP contribution in [-0.4, -0.2) is 22.2 Å². The number of nitrogens with zero attached hydrogens (tertiary/aromatic N) is 2. The fraction of sp³-hybridized carbons (Fsp3) is 0.455. The van der Waals surface area contributed by atoms with Crippen LogP contribution in [0.1, 0.15) is 30.0 Å². The Bertz CT molecular complexity index is 379. The average molecular weight is 207 g/mol. The van der Waals surface area contributed by atoms with Crippen molar-refractivity contribution in [3.05, 3.63) is 29.6 Å². The minimum atomic E-state index is -0.104. The molecule has 0 aliphatic rings. The summed E-state index contributed by atoms with van der Waals surface area (Å²) in [6.45, 7) is 8.12. The molecule has 82 valence electrons. The molecule has 1 rings (SSSR count). The molecule has 0 saturated heterocycles. The van der Waals surface area contributed by atoms with Gasteiger partial charge in [0.1, 0.15) is 5.69 Å². The lowest BCUT2D eigenvalue weighted by Crippen LogP contribution is -2.26. The van der Waals surface area contributed by atoms with E-state index in [4.69, 9.17) is 0 Å². The van der Waals surface area contributed by atoms with Crippen LogP contribution in [0.2, 0.25) is 0 Å². The van der Waals surface area contributed by atoms with Gasteiger partial charge in [0.15, 0.2) is 0 Å². The maximum atomic E-state index is 11.7. The van der Waals surface area contributed by atoms with Crippen LogP contribution in [0.3, 0.4) is 0 Å². The van der Waals surface area contributed by atoms with Crippen molar-refractivity contribution < 1.29 is 4.79 Å². The Labute approximate surface area is 90.0 Å². The zero-order valence-corrected chi connectivity index (χ0v) is 9.50. The Morgan fingerprint density at radius 1 is 1.67 bits per heavy atom. The normalized spacial score (nSPS) is 10.1. The molecule has 0 unspecified atom stereocenters. The van der Waals surface area contributed by atoms with Crippen molar-refractivity contribution in [2.24, 2.45) is 7.05 Å². The summed E-state index contributed by atoms with van der Waals surface area (Å²) in [6.07, 6.45) is 0.835. The molecule has 1 aromatic heterocycles. The molecule has 0 atom stereocenters.